The van der Waals surface area contributed by atoms with Crippen LogP contribution in [0, 0.1) is 10.8 Å². The fraction of sp³-hybridized carbons (Fsp3) is 0.929. The van der Waals surface area contributed by atoms with Crippen LogP contribution >= 0.6 is 0 Å². The second-order valence-corrected chi connectivity index (χ2v) is 10.6. The maximum atomic E-state index is 12.7. The molecule has 0 amide bonds. The summed E-state index contributed by atoms with van der Waals surface area (Å²) in [6.07, 6.45) is 20.5. The van der Waals surface area contributed by atoms with Crippen molar-refractivity contribution in [3.8, 4) is 0 Å². The van der Waals surface area contributed by atoms with E-state index >= 15 is 0 Å². The Morgan fingerprint density at radius 3 is 1.34 bits per heavy atom. The van der Waals surface area contributed by atoms with Gasteiger partial charge in [-0.05, 0) is 31.1 Å². The highest BCUT2D eigenvalue weighted by Crippen LogP contribution is 2.50. The summed E-state index contributed by atoms with van der Waals surface area (Å²) in [4.78, 5) is 23.4. The molecule has 0 spiro atoms. The molecule has 0 rings (SSSR count). The van der Waals surface area contributed by atoms with Crippen molar-refractivity contribution < 1.29 is 19.8 Å². The lowest BCUT2D eigenvalue weighted by molar-refractivity contribution is -0.160. The van der Waals surface area contributed by atoms with Gasteiger partial charge in [0, 0.05) is 6.42 Å². The van der Waals surface area contributed by atoms with E-state index in [2.05, 4.69) is 27.7 Å². The van der Waals surface area contributed by atoms with E-state index < -0.39 is 17.4 Å². The molecule has 0 unspecified atom stereocenters. The van der Waals surface area contributed by atoms with E-state index in [9.17, 15) is 14.7 Å². The molecule has 0 aliphatic heterocycles. The second-order valence-electron chi connectivity index (χ2n) is 10.6. The molecule has 190 valence electrons. The number of carboxylic acids is 2. The van der Waals surface area contributed by atoms with Gasteiger partial charge in [0.25, 0.3) is 0 Å². The third-order valence-electron chi connectivity index (χ3n) is 7.56. The lowest BCUT2D eigenvalue weighted by Gasteiger charge is -2.44. The Morgan fingerprint density at radius 2 is 0.938 bits per heavy atom. The Labute approximate surface area is 199 Å². The zero-order valence-electron chi connectivity index (χ0n) is 21.9. The molecule has 0 aromatic heterocycles. The molecule has 0 saturated heterocycles. The van der Waals surface area contributed by atoms with Crippen LogP contribution in [-0.4, -0.2) is 22.2 Å². The maximum absolute atomic E-state index is 12.7. The predicted molar refractivity (Wildman–Crippen MR) is 135 cm³/mol. The molecule has 32 heavy (non-hydrogen) atoms. The van der Waals surface area contributed by atoms with Crippen molar-refractivity contribution in [2.24, 2.45) is 10.8 Å². The summed E-state index contributed by atoms with van der Waals surface area (Å²) in [5.74, 6) is -1.33. The molecule has 4 heteroatoms. The molecule has 0 saturated carbocycles. The lowest BCUT2D eigenvalue weighted by Crippen LogP contribution is -2.45. The van der Waals surface area contributed by atoms with E-state index in [4.69, 9.17) is 5.11 Å². The summed E-state index contributed by atoms with van der Waals surface area (Å²) in [5, 5.41) is 19.3. The molecule has 0 aliphatic carbocycles. The van der Waals surface area contributed by atoms with E-state index in [1.54, 1.807) is 0 Å². The first-order chi connectivity index (χ1) is 15.2. The van der Waals surface area contributed by atoms with Gasteiger partial charge in [0.2, 0.25) is 0 Å². The van der Waals surface area contributed by atoms with Crippen molar-refractivity contribution in [1.82, 2.24) is 0 Å². The van der Waals surface area contributed by atoms with Crippen molar-refractivity contribution in [3.63, 3.8) is 0 Å². The Kier molecular flexibility index (Phi) is 17.8. The minimum absolute atomic E-state index is 0.235. The average Bonchev–Trinajstić information content (AvgIpc) is 2.73. The molecule has 0 heterocycles. The predicted octanol–water partition coefficient (Wildman–Crippen LogP) is 9.01. The normalized spacial score (nSPS) is 12.2. The SMILES string of the molecule is CCCCCCCCC(CCCCCCCC)(C(=O)O)C(C)(C)CCCCCCC(=O)O. The van der Waals surface area contributed by atoms with Gasteiger partial charge in [-0.3, -0.25) is 9.59 Å². The van der Waals surface area contributed by atoms with Crippen molar-refractivity contribution >= 4 is 11.9 Å². The van der Waals surface area contributed by atoms with Gasteiger partial charge >= 0.3 is 11.9 Å². The van der Waals surface area contributed by atoms with E-state index in [1.807, 2.05) is 0 Å². The number of rotatable bonds is 23. The van der Waals surface area contributed by atoms with Crippen molar-refractivity contribution in [2.75, 3.05) is 0 Å². The standard InChI is InChI=1S/C28H54O4/c1-5-7-9-11-14-19-23-28(26(31)32,24-20-15-12-10-8-6-2)27(3,4)22-18-16-13-17-21-25(29)30/h5-24H2,1-4H3,(H,29,30)(H,31,32). The van der Waals surface area contributed by atoms with E-state index in [-0.39, 0.29) is 11.8 Å². The molecule has 0 atom stereocenters. The van der Waals surface area contributed by atoms with Gasteiger partial charge in [0.05, 0.1) is 5.41 Å². The van der Waals surface area contributed by atoms with Crippen LogP contribution < -0.4 is 0 Å². The van der Waals surface area contributed by atoms with Gasteiger partial charge in [0.1, 0.15) is 0 Å². The molecule has 0 radical (unpaired) electrons. The van der Waals surface area contributed by atoms with Crippen LogP contribution in [-0.2, 0) is 9.59 Å². The molecule has 0 aromatic rings. The van der Waals surface area contributed by atoms with E-state index in [0.717, 1.165) is 70.6 Å². The van der Waals surface area contributed by atoms with E-state index in [0.29, 0.717) is 0 Å². The Morgan fingerprint density at radius 1 is 0.562 bits per heavy atom. The van der Waals surface area contributed by atoms with Gasteiger partial charge in [-0.25, -0.2) is 0 Å². The van der Waals surface area contributed by atoms with Crippen LogP contribution in [0.5, 0.6) is 0 Å². The van der Waals surface area contributed by atoms with Crippen LogP contribution in [0.3, 0.4) is 0 Å². The lowest BCUT2D eigenvalue weighted by atomic mass is 9.58. The number of hydrogen-bond donors (Lipinski definition) is 2. The van der Waals surface area contributed by atoms with Gasteiger partial charge < -0.3 is 10.2 Å². The molecular weight excluding hydrogens is 400 g/mol. The first kappa shape index (κ1) is 30.9. The van der Waals surface area contributed by atoms with Crippen molar-refractivity contribution in [2.45, 2.75) is 156 Å². The molecule has 0 fully saturated rings. The molecule has 0 aliphatic rings. The highest BCUT2D eigenvalue weighted by Gasteiger charge is 2.49. The number of carboxylic acid groups (broad SMARTS) is 2. The molecule has 0 bridgehead atoms. The second kappa shape index (κ2) is 18.4. The molecule has 0 aromatic carbocycles. The Bertz CT molecular complexity index is 468. The van der Waals surface area contributed by atoms with Gasteiger partial charge in [-0.1, -0.05) is 124 Å². The summed E-state index contributed by atoms with van der Waals surface area (Å²) in [7, 11) is 0. The summed E-state index contributed by atoms with van der Waals surface area (Å²) in [6.45, 7) is 8.79. The van der Waals surface area contributed by atoms with Crippen molar-refractivity contribution in [3.05, 3.63) is 0 Å². The quantitative estimate of drug-likeness (QED) is 0.151. The maximum Gasteiger partial charge on any atom is 0.310 e. The summed E-state index contributed by atoms with van der Waals surface area (Å²) in [6, 6.07) is 0. The highest BCUT2D eigenvalue weighted by atomic mass is 16.4. The number of carbonyl (C=O) groups is 2. The summed E-state index contributed by atoms with van der Waals surface area (Å²) in [5.41, 5.74) is -0.901. The highest BCUT2D eigenvalue weighted by molar-refractivity contribution is 5.75. The zero-order chi connectivity index (χ0) is 24.3. The minimum Gasteiger partial charge on any atom is -0.481 e. The fourth-order valence-electron chi connectivity index (χ4n) is 5.16. The molecule has 4 nitrogen and oxygen atoms in total. The summed E-state index contributed by atoms with van der Waals surface area (Å²) >= 11 is 0. The van der Waals surface area contributed by atoms with Crippen LogP contribution in [0.25, 0.3) is 0 Å². The Hall–Kier alpha value is -1.06. The molecule has 2 N–H and O–H groups in total. The first-order valence-electron chi connectivity index (χ1n) is 13.7. The van der Waals surface area contributed by atoms with Crippen molar-refractivity contribution in [1.29, 1.82) is 0 Å². The zero-order valence-corrected chi connectivity index (χ0v) is 21.9. The third-order valence-corrected chi connectivity index (χ3v) is 7.56. The number of hydrogen-bond acceptors (Lipinski definition) is 2. The topological polar surface area (TPSA) is 74.6 Å². The minimum atomic E-state index is -0.729. The monoisotopic (exact) mass is 454 g/mol. The van der Waals surface area contributed by atoms with Gasteiger partial charge in [0.15, 0.2) is 0 Å². The first-order valence-corrected chi connectivity index (χ1v) is 13.7. The largest absolute Gasteiger partial charge is 0.481 e. The number of aliphatic carboxylic acids is 2. The fourth-order valence-corrected chi connectivity index (χ4v) is 5.16. The average molecular weight is 455 g/mol. The smallest absolute Gasteiger partial charge is 0.310 e. The number of unbranched alkanes of at least 4 members (excludes halogenated alkanes) is 13. The van der Waals surface area contributed by atoms with Crippen LogP contribution in [0.2, 0.25) is 0 Å². The molecular formula is C28H54O4. The van der Waals surface area contributed by atoms with Gasteiger partial charge in [-0.15, -0.1) is 0 Å². The van der Waals surface area contributed by atoms with Crippen LogP contribution in [0.15, 0.2) is 0 Å². The van der Waals surface area contributed by atoms with E-state index in [1.165, 1.54) is 51.4 Å². The Balaban J connectivity index is 4.97. The third kappa shape index (κ3) is 12.8. The van der Waals surface area contributed by atoms with Crippen LogP contribution in [0.4, 0.5) is 0 Å². The summed E-state index contributed by atoms with van der Waals surface area (Å²) < 4.78 is 0. The van der Waals surface area contributed by atoms with Gasteiger partial charge in [-0.2, -0.15) is 0 Å². The van der Waals surface area contributed by atoms with Crippen LogP contribution in [0.1, 0.15) is 156 Å².